The van der Waals surface area contributed by atoms with Gasteiger partial charge in [0.15, 0.2) is 0 Å². The lowest BCUT2D eigenvalue weighted by Gasteiger charge is -2.22. The van der Waals surface area contributed by atoms with Crippen LogP contribution in [0.2, 0.25) is 0 Å². The summed E-state index contributed by atoms with van der Waals surface area (Å²) in [7, 11) is -3.44. The fourth-order valence-corrected chi connectivity index (χ4v) is 5.45. The maximum atomic E-state index is 13.1. The van der Waals surface area contributed by atoms with Crippen LogP contribution in [0, 0.1) is 27.7 Å². The van der Waals surface area contributed by atoms with Crippen molar-refractivity contribution in [1.29, 1.82) is 0 Å². The molecule has 1 aromatic heterocycles. The Hall–Kier alpha value is -1.41. The van der Waals surface area contributed by atoms with Crippen molar-refractivity contribution < 1.29 is 8.42 Å². The smallest absolute Gasteiger partial charge is 0.243 e. The molecule has 1 aliphatic rings. The summed E-state index contributed by atoms with van der Waals surface area (Å²) >= 11 is 0. The Balaban J connectivity index is 0.00000280. The fourth-order valence-electron chi connectivity index (χ4n) is 3.67. The van der Waals surface area contributed by atoms with Crippen molar-refractivity contribution in [2.45, 2.75) is 45.6 Å². The third-order valence-electron chi connectivity index (χ3n) is 5.24. The van der Waals surface area contributed by atoms with Gasteiger partial charge in [0, 0.05) is 31.9 Å². The normalized spacial score (nSPS) is 16.6. The van der Waals surface area contributed by atoms with Crippen LogP contribution in [0.15, 0.2) is 29.2 Å². The van der Waals surface area contributed by atoms with Gasteiger partial charge in [-0.25, -0.2) is 8.42 Å². The van der Waals surface area contributed by atoms with Crippen LogP contribution in [0.5, 0.6) is 0 Å². The second-order valence-electron chi connectivity index (χ2n) is 7.52. The number of hydrogen-bond acceptors (Lipinski definition) is 4. The first kappa shape index (κ1) is 22.9. The summed E-state index contributed by atoms with van der Waals surface area (Å²) in [5.41, 5.74) is 3.99. The Bertz CT molecular complexity index is 911. The van der Waals surface area contributed by atoms with E-state index in [1.807, 2.05) is 37.6 Å². The van der Waals surface area contributed by atoms with E-state index in [2.05, 4.69) is 23.0 Å². The van der Waals surface area contributed by atoms with Crippen molar-refractivity contribution in [3.05, 3.63) is 46.8 Å². The number of nitrogens with zero attached hydrogens (tertiary/aromatic N) is 4. The average Bonchev–Trinajstić information content (AvgIpc) is 2.81. The first-order valence-electron chi connectivity index (χ1n) is 9.58. The maximum absolute atomic E-state index is 13.1. The molecule has 0 amide bonds. The molecule has 0 N–H and O–H groups in total. The van der Waals surface area contributed by atoms with Crippen LogP contribution in [0.4, 0.5) is 0 Å². The molecule has 0 saturated carbocycles. The summed E-state index contributed by atoms with van der Waals surface area (Å²) in [5, 5.41) is 4.51. The molecule has 3 rings (SSSR count). The highest BCUT2D eigenvalue weighted by molar-refractivity contribution is 7.89. The van der Waals surface area contributed by atoms with E-state index in [0.29, 0.717) is 18.0 Å². The molecular formula is C20H31ClN4O2S. The highest BCUT2D eigenvalue weighted by Gasteiger charge is 2.28. The maximum Gasteiger partial charge on any atom is 0.243 e. The number of aryl methyl sites for hydroxylation is 4. The molecule has 2 heterocycles. The molecule has 1 saturated heterocycles. The summed E-state index contributed by atoms with van der Waals surface area (Å²) in [5.74, 6) is 0. The Labute approximate surface area is 175 Å². The lowest BCUT2D eigenvalue weighted by atomic mass is 10.2. The predicted octanol–water partition coefficient (Wildman–Crippen LogP) is 2.94. The van der Waals surface area contributed by atoms with Crippen molar-refractivity contribution in [2.24, 2.45) is 0 Å². The summed E-state index contributed by atoms with van der Waals surface area (Å²) in [6.45, 7) is 12.4. The number of halogens is 1. The molecule has 6 nitrogen and oxygen atoms in total. The molecular weight excluding hydrogens is 396 g/mol. The van der Waals surface area contributed by atoms with Gasteiger partial charge in [-0.15, -0.1) is 12.4 Å². The van der Waals surface area contributed by atoms with Gasteiger partial charge in [-0.3, -0.25) is 4.68 Å². The van der Waals surface area contributed by atoms with Gasteiger partial charge in [0.2, 0.25) is 10.0 Å². The summed E-state index contributed by atoms with van der Waals surface area (Å²) in [6, 6.07) is 7.72. The van der Waals surface area contributed by atoms with Crippen molar-refractivity contribution in [2.75, 3.05) is 32.7 Å². The Morgan fingerprint density at radius 3 is 2.39 bits per heavy atom. The van der Waals surface area contributed by atoms with E-state index in [1.54, 1.807) is 10.4 Å². The number of hydrogen-bond donors (Lipinski definition) is 0. The predicted molar refractivity (Wildman–Crippen MR) is 115 cm³/mol. The highest BCUT2D eigenvalue weighted by atomic mass is 35.5. The zero-order valence-electron chi connectivity index (χ0n) is 17.2. The summed E-state index contributed by atoms with van der Waals surface area (Å²) in [4.78, 5) is 2.79. The van der Waals surface area contributed by atoms with Crippen LogP contribution >= 0.6 is 12.4 Å². The lowest BCUT2D eigenvalue weighted by molar-refractivity contribution is 0.269. The Morgan fingerprint density at radius 2 is 1.71 bits per heavy atom. The van der Waals surface area contributed by atoms with Gasteiger partial charge in [0.05, 0.1) is 17.1 Å². The minimum Gasteiger partial charge on any atom is -0.300 e. The highest BCUT2D eigenvalue weighted by Crippen LogP contribution is 2.22. The van der Waals surface area contributed by atoms with E-state index in [4.69, 9.17) is 0 Å². The first-order valence-corrected chi connectivity index (χ1v) is 11.0. The third-order valence-corrected chi connectivity index (χ3v) is 7.28. The Kier molecular flexibility index (Phi) is 7.67. The van der Waals surface area contributed by atoms with Gasteiger partial charge in [-0.2, -0.15) is 9.40 Å². The standard InChI is InChI=1S/C20H30N4O2S.ClH/c1-16-6-7-17(2)20(14-16)27(25,26)23-9-5-8-22(10-12-23)11-13-24-19(4)15-18(3)21-24;/h6-7,14-15H,5,8-13H2,1-4H3;1H. The van der Waals surface area contributed by atoms with Gasteiger partial charge in [-0.05, 0) is 63.9 Å². The minimum absolute atomic E-state index is 0. The number of benzene rings is 1. The Morgan fingerprint density at radius 1 is 0.964 bits per heavy atom. The molecule has 0 bridgehead atoms. The molecule has 0 radical (unpaired) electrons. The number of aromatic nitrogens is 2. The second kappa shape index (κ2) is 9.39. The van der Waals surface area contributed by atoms with Gasteiger partial charge in [0.1, 0.15) is 0 Å². The zero-order chi connectivity index (χ0) is 19.6. The quantitative estimate of drug-likeness (QED) is 0.737. The van der Waals surface area contributed by atoms with E-state index in [9.17, 15) is 8.42 Å². The molecule has 156 valence electrons. The van der Waals surface area contributed by atoms with Crippen LogP contribution in [0.25, 0.3) is 0 Å². The summed E-state index contributed by atoms with van der Waals surface area (Å²) in [6.07, 6.45) is 0.848. The largest absolute Gasteiger partial charge is 0.300 e. The molecule has 0 aliphatic carbocycles. The monoisotopic (exact) mass is 426 g/mol. The van der Waals surface area contributed by atoms with Gasteiger partial charge in [-0.1, -0.05) is 12.1 Å². The van der Waals surface area contributed by atoms with Crippen molar-refractivity contribution in [1.82, 2.24) is 19.0 Å². The lowest BCUT2D eigenvalue weighted by Crippen LogP contribution is -2.36. The molecule has 0 unspecified atom stereocenters. The van der Waals surface area contributed by atoms with Crippen LogP contribution in [0.3, 0.4) is 0 Å². The van der Waals surface area contributed by atoms with Crippen LogP contribution in [0.1, 0.15) is 28.9 Å². The molecule has 1 aliphatic heterocycles. The molecule has 2 aromatic rings. The molecule has 0 spiro atoms. The van der Waals surface area contributed by atoms with E-state index in [0.717, 1.165) is 49.4 Å². The van der Waals surface area contributed by atoms with E-state index >= 15 is 0 Å². The third kappa shape index (κ3) is 5.14. The van der Waals surface area contributed by atoms with Crippen LogP contribution < -0.4 is 0 Å². The first-order chi connectivity index (χ1) is 12.8. The average molecular weight is 427 g/mol. The second-order valence-corrected chi connectivity index (χ2v) is 9.42. The van der Waals surface area contributed by atoms with Crippen LogP contribution in [-0.4, -0.2) is 60.1 Å². The van der Waals surface area contributed by atoms with E-state index in [1.165, 1.54) is 5.69 Å². The van der Waals surface area contributed by atoms with Crippen LogP contribution in [-0.2, 0) is 16.6 Å². The number of sulfonamides is 1. The molecule has 0 atom stereocenters. The van der Waals surface area contributed by atoms with E-state index in [-0.39, 0.29) is 12.4 Å². The molecule has 28 heavy (non-hydrogen) atoms. The molecule has 8 heteroatoms. The van der Waals surface area contributed by atoms with Crippen molar-refractivity contribution >= 4 is 22.4 Å². The topological polar surface area (TPSA) is 58.4 Å². The van der Waals surface area contributed by atoms with Gasteiger partial charge < -0.3 is 4.90 Å². The van der Waals surface area contributed by atoms with Gasteiger partial charge >= 0.3 is 0 Å². The SMILES string of the molecule is Cc1ccc(C)c(S(=O)(=O)N2CCCN(CCn3nc(C)cc3C)CC2)c1.Cl. The van der Waals surface area contributed by atoms with Crippen molar-refractivity contribution in [3.8, 4) is 0 Å². The minimum atomic E-state index is -3.44. The zero-order valence-corrected chi connectivity index (χ0v) is 18.8. The fraction of sp³-hybridized carbons (Fsp3) is 0.550. The van der Waals surface area contributed by atoms with E-state index < -0.39 is 10.0 Å². The molecule has 1 aromatic carbocycles. The van der Waals surface area contributed by atoms with Gasteiger partial charge in [0.25, 0.3) is 0 Å². The number of rotatable bonds is 5. The molecule has 1 fully saturated rings. The van der Waals surface area contributed by atoms with Crippen molar-refractivity contribution in [3.63, 3.8) is 0 Å². The summed E-state index contributed by atoms with van der Waals surface area (Å²) < 4.78 is 30.0.